The lowest BCUT2D eigenvalue weighted by molar-refractivity contribution is 0.554. The number of nitrogens with zero attached hydrogens (tertiary/aromatic N) is 1. The maximum atomic E-state index is 3.68. The van der Waals surface area contributed by atoms with Crippen molar-refractivity contribution in [2.45, 2.75) is 64.5 Å². The first-order chi connectivity index (χ1) is 9.83. The minimum Gasteiger partial charge on any atom is -0.371 e. The van der Waals surface area contributed by atoms with Gasteiger partial charge in [0.05, 0.1) is 0 Å². The van der Waals surface area contributed by atoms with Gasteiger partial charge < -0.3 is 10.2 Å². The molecule has 2 fully saturated rings. The Morgan fingerprint density at radius 1 is 1.05 bits per heavy atom. The van der Waals surface area contributed by atoms with Crippen molar-refractivity contribution < 1.29 is 0 Å². The molecule has 2 aliphatic rings. The number of hydrogen-bond acceptors (Lipinski definition) is 2. The molecular formula is C18H28N2. The highest BCUT2D eigenvalue weighted by Gasteiger charge is 2.21. The second-order valence-electron chi connectivity index (χ2n) is 6.54. The smallest absolute Gasteiger partial charge is 0.0412 e. The molecule has 2 nitrogen and oxygen atoms in total. The number of hydrogen-bond donors (Lipinski definition) is 1. The molecule has 0 amide bonds. The lowest BCUT2D eigenvalue weighted by atomic mass is 10.0. The van der Waals surface area contributed by atoms with Gasteiger partial charge in [0.15, 0.2) is 0 Å². The molecule has 1 saturated carbocycles. The molecule has 20 heavy (non-hydrogen) atoms. The van der Waals surface area contributed by atoms with E-state index in [1.807, 2.05) is 0 Å². The van der Waals surface area contributed by atoms with E-state index < -0.39 is 0 Å². The molecule has 3 rings (SSSR count). The summed E-state index contributed by atoms with van der Waals surface area (Å²) in [5.41, 5.74) is 4.36. The zero-order valence-corrected chi connectivity index (χ0v) is 12.8. The van der Waals surface area contributed by atoms with E-state index in [9.17, 15) is 0 Å². The third-order valence-corrected chi connectivity index (χ3v) is 4.59. The van der Waals surface area contributed by atoms with Crippen molar-refractivity contribution in [2.24, 2.45) is 0 Å². The van der Waals surface area contributed by atoms with Gasteiger partial charge in [-0.15, -0.1) is 0 Å². The van der Waals surface area contributed by atoms with E-state index in [1.165, 1.54) is 74.8 Å². The van der Waals surface area contributed by atoms with E-state index in [0.29, 0.717) is 0 Å². The van der Waals surface area contributed by atoms with Crippen LogP contribution < -0.4 is 10.2 Å². The summed E-state index contributed by atoms with van der Waals surface area (Å²) in [6.07, 6.45) is 9.66. The summed E-state index contributed by atoms with van der Waals surface area (Å²) >= 11 is 0. The van der Waals surface area contributed by atoms with Crippen molar-refractivity contribution >= 4 is 5.69 Å². The molecule has 1 aliphatic heterocycles. The maximum Gasteiger partial charge on any atom is 0.0412 e. The van der Waals surface area contributed by atoms with E-state index in [1.54, 1.807) is 0 Å². The Labute approximate surface area is 123 Å². The molecule has 0 aromatic heterocycles. The molecular weight excluding hydrogens is 244 g/mol. The van der Waals surface area contributed by atoms with Crippen LogP contribution in [0, 0.1) is 6.92 Å². The molecule has 0 spiro atoms. The molecule has 0 atom stereocenters. The Kier molecular flexibility index (Phi) is 4.62. The second kappa shape index (κ2) is 6.62. The molecule has 0 radical (unpaired) electrons. The molecule has 110 valence electrons. The van der Waals surface area contributed by atoms with Gasteiger partial charge in [0.1, 0.15) is 0 Å². The minimum absolute atomic E-state index is 0.788. The molecule has 0 bridgehead atoms. The lowest BCUT2D eigenvalue weighted by Crippen LogP contribution is -2.29. The monoisotopic (exact) mass is 272 g/mol. The molecule has 2 heteroatoms. The fourth-order valence-electron chi connectivity index (χ4n) is 3.19. The zero-order chi connectivity index (χ0) is 13.8. The normalized spacial score (nSPS) is 20.6. The highest BCUT2D eigenvalue weighted by Crippen LogP contribution is 2.26. The van der Waals surface area contributed by atoms with Crippen LogP contribution >= 0.6 is 0 Å². The number of anilines is 1. The number of nitrogens with one attached hydrogen (secondary N) is 1. The summed E-state index contributed by atoms with van der Waals surface area (Å²) < 4.78 is 0. The van der Waals surface area contributed by atoms with Crippen LogP contribution in [-0.2, 0) is 6.54 Å². The van der Waals surface area contributed by atoms with Crippen LogP contribution in [0.5, 0.6) is 0 Å². The molecule has 1 saturated heterocycles. The Morgan fingerprint density at radius 3 is 2.45 bits per heavy atom. The fourth-order valence-corrected chi connectivity index (χ4v) is 3.19. The summed E-state index contributed by atoms with van der Waals surface area (Å²) in [6, 6.07) is 7.79. The Balaban J connectivity index is 1.74. The standard InChI is InChI=1S/C18H28N2/c1-15-7-10-18(16(13-15)14-19-17-8-9-17)20-11-5-3-2-4-6-12-20/h7,10,13,17,19H,2-6,8-9,11-12,14H2,1H3. The summed E-state index contributed by atoms with van der Waals surface area (Å²) in [5, 5.41) is 3.68. The minimum atomic E-state index is 0.788. The van der Waals surface area contributed by atoms with Gasteiger partial charge in [-0.25, -0.2) is 0 Å². The first-order valence-corrected chi connectivity index (χ1v) is 8.41. The highest BCUT2D eigenvalue weighted by molar-refractivity contribution is 5.55. The summed E-state index contributed by atoms with van der Waals surface area (Å²) in [4.78, 5) is 2.63. The molecule has 1 aromatic rings. The quantitative estimate of drug-likeness (QED) is 0.890. The van der Waals surface area contributed by atoms with Crippen LogP contribution in [0.3, 0.4) is 0 Å². The zero-order valence-electron chi connectivity index (χ0n) is 12.8. The SMILES string of the molecule is Cc1ccc(N2CCCCCCC2)c(CNC2CC2)c1. The van der Waals surface area contributed by atoms with E-state index >= 15 is 0 Å². The molecule has 1 heterocycles. The van der Waals surface area contributed by atoms with Crippen LogP contribution in [0.25, 0.3) is 0 Å². The van der Waals surface area contributed by atoms with E-state index in [2.05, 4.69) is 35.3 Å². The van der Waals surface area contributed by atoms with Crippen molar-refractivity contribution in [3.63, 3.8) is 0 Å². The van der Waals surface area contributed by atoms with Gasteiger partial charge in [0.25, 0.3) is 0 Å². The van der Waals surface area contributed by atoms with Gasteiger partial charge in [-0.1, -0.05) is 37.0 Å². The number of aryl methyl sites for hydroxylation is 1. The maximum absolute atomic E-state index is 3.68. The van der Waals surface area contributed by atoms with E-state index in [0.717, 1.165) is 12.6 Å². The predicted molar refractivity (Wildman–Crippen MR) is 86.3 cm³/mol. The molecule has 0 unspecified atom stereocenters. The Bertz CT molecular complexity index is 429. The van der Waals surface area contributed by atoms with Gasteiger partial charge in [0, 0.05) is 31.4 Å². The molecule has 1 aliphatic carbocycles. The Morgan fingerprint density at radius 2 is 1.75 bits per heavy atom. The average Bonchev–Trinajstić information content (AvgIpc) is 3.21. The average molecular weight is 272 g/mol. The van der Waals surface area contributed by atoms with Crippen molar-refractivity contribution in [1.82, 2.24) is 5.32 Å². The van der Waals surface area contributed by atoms with E-state index in [4.69, 9.17) is 0 Å². The van der Waals surface area contributed by atoms with E-state index in [-0.39, 0.29) is 0 Å². The van der Waals surface area contributed by atoms with Gasteiger partial charge in [-0.05, 0) is 44.2 Å². The summed E-state index contributed by atoms with van der Waals surface area (Å²) in [5.74, 6) is 0. The largest absolute Gasteiger partial charge is 0.371 e. The van der Waals surface area contributed by atoms with Crippen molar-refractivity contribution in [2.75, 3.05) is 18.0 Å². The van der Waals surface area contributed by atoms with Crippen molar-refractivity contribution in [3.8, 4) is 0 Å². The topological polar surface area (TPSA) is 15.3 Å². The third-order valence-electron chi connectivity index (χ3n) is 4.59. The number of benzene rings is 1. The van der Waals surface area contributed by atoms with Crippen molar-refractivity contribution in [3.05, 3.63) is 29.3 Å². The lowest BCUT2D eigenvalue weighted by Gasteiger charge is -2.29. The van der Waals surface area contributed by atoms with Crippen LogP contribution in [0.4, 0.5) is 5.69 Å². The van der Waals surface area contributed by atoms with Crippen molar-refractivity contribution in [1.29, 1.82) is 0 Å². The first kappa shape index (κ1) is 13.9. The van der Waals surface area contributed by atoms with Gasteiger partial charge in [0.2, 0.25) is 0 Å². The second-order valence-corrected chi connectivity index (χ2v) is 6.54. The third kappa shape index (κ3) is 3.76. The molecule has 1 N–H and O–H groups in total. The highest BCUT2D eigenvalue weighted by atomic mass is 15.1. The van der Waals surface area contributed by atoms with Crippen LogP contribution in [0.1, 0.15) is 56.1 Å². The van der Waals surface area contributed by atoms with Crippen LogP contribution in [0.15, 0.2) is 18.2 Å². The summed E-state index contributed by atoms with van der Waals surface area (Å²) in [6.45, 7) is 5.72. The summed E-state index contributed by atoms with van der Waals surface area (Å²) in [7, 11) is 0. The van der Waals surface area contributed by atoms with Gasteiger partial charge in [-0.2, -0.15) is 0 Å². The van der Waals surface area contributed by atoms with Gasteiger partial charge in [-0.3, -0.25) is 0 Å². The predicted octanol–water partition coefficient (Wildman–Crippen LogP) is 4.02. The molecule has 1 aromatic carbocycles. The Hall–Kier alpha value is -1.02. The fraction of sp³-hybridized carbons (Fsp3) is 0.667. The van der Waals surface area contributed by atoms with Gasteiger partial charge >= 0.3 is 0 Å². The first-order valence-electron chi connectivity index (χ1n) is 8.41. The number of rotatable bonds is 4. The van der Waals surface area contributed by atoms with Crippen LogP contribution in [0.2, 0.25) is 0 Å². The van der Waals surface area contributed by atoms with Crippen LogP contribution in [-0.4, -0.2) is 19.1 Å².